The van der Waals surface area contributed by atoms with Gasteiger partial charge in [-0.15, -0.1) is 0 Å². The summed E-state index contributed by atoms with van der Waals surface area (Å²) in [6, 6.07) is 0. The summed E-state index contributed by atoms with van der Waals surface area (Å²) in [5.74, 6) is 0.127. The quantitative estimate of drug-likeness (QED) is 0.595. The molecule has 0 unspecified atom stereocenters. The Morgan fingerprint density at radius 1 is 0.895 bits per heavy atom. The summed E-state index contributed by atoms with van der Waals surface area (Å²) in [6.45, 7) is 0.913. The molecule has 2 N–H and O–H groups in total. The van der Waals surface area contributed by atoms with Gasteiger partial charge in [-0.2, -0.15) is 0 Å². The van der Waals surface area contributed by atoms with Crippen LogP contribution in [0.15, 0.2) is 0 Å². The van der Waals surface area contributed by atoms with Crippen LogP contribution >= 0.6 is 0 Å². The number of hydrogen-bond acceptors (Lipinski definition) is 3. The van der Waals surface area contributed by atoms with E-state index in [0.717, 1.165) is 25.9 Å². The smallest absolute Gasteiger partial charge is 0.209 e. The van der Waals surface area contributed by atoms with Crippen LogP contribution in [0, 0.1) is 0 Å². The Morgan fingerprint density at radius 3 is 2.00 bits per heavy atom. The first-order valence-corrected chi connectivity index (χ1v) is 9.41. The van der Waals surface area contributed by atoms with Gasteiger partial charge in [-0.05, 0) is 25.7 Å². The molecule has 0 atom stereocenters. The topological polar surface area (TPSA) is 69.4 Å². The van der Waals surface area contributed by atoms with Gasteiger partial charge in [0.2, 0.25) is 10.0 Å². The van der Waals surface area contributed by atoms with Crippen molar-refractivity contribution in [3.8, 4) is 0 Å². The highest BCUT2D eigenvalue weighted by molar-refractivity contribution is 7.89. The molecule has 5 heteroatoms. The minimum absolute atomic E-state index is 0.127. The molecule has 0 aromatic rings. The first-order chi connectivity index (χ1) is 9.08. The van der Waals surface area contributed by atoms with Gasteiger partial charge < -0.3 is 4.74 Å². The van der Waals surface area contributed by atoms with Gasteiger partial charge in [-0.3, -0.25) is 0 Å². The van der Waals surface area contributed by atoms with E-state index >= 15 is 0 Å². The normalized spacial score (nSPS) is 17.1. The minimum atomic E-state index is -3.25. The molecule has 1 fully saturated rings. The van der Waals surface area contributed by atoms with Gasteiger partial charge in [0.05, 0.1) is 11.9 Å². The molecule has 0 aromatic carbocycles. The van der Waals surface area contributed by atoms with Crippen molar-refractivity contribution in [3.63, 3.8) is 0 Å². The zero-order valence-corrected chi connectivity index (χ0v) is 12.8. The fourth-order valence-electron chi connectivity index (χ4n) is 2.59. The van der Waals surface area contributed by atoms with Crippen LogP contribution in [0.1, 0.15) is 70.6 Å². The number of primary sulfonamides is 1. The fraction of sp³-hybridized carbons (Fsp3) is 1.00. The molecule has 4 nitrogen and oxygen atoms in total. The van der Waals surface area contributed by atoms with Crippen LogP contribution in [0.25, 0.3) is 0 Å². The summed E-state index contributed by atoms with van der Waals surface area (Å²) >= 11 is 0. The number of ether oxygens (including phenoxy) is 1. The summed E-state index contributed by atoms with van der Waals surface area (Å²) in [5, 5.41) is 4.94. The highest BCUT2D eigenvalue weighted by atomic mass is 32.2. The van der Waals surface area contributed by atoms with Crippen molar-refractivity contribution in [2.24, 2.45) is 5.14 Å². The average Bonchev–Trinajstić information content (AvgIpc) is 2.83. The number of hydrogen-bond donors (Lipinski definition) is 1. The predicted molar refractivity (Wildman–Crippen MR) is 78.5 cm³/mol. The van der Waals surface area contributed by atoms with E-state index in [1.807, 2.05) is 0 Å². The standard InChI is InChI=1S/C14H29NO3S/c15-19(16,17)13-9-5-3-1-2-4-8-12-18-14-10-6-7-11-14/h14H,1-13H2,(H2,15,16,17). The number of rotatable bonds is 11. The fourth-order valence-corrected chi connectivity index (χ4v) is 3.20. The van der Waals surface area contributed by atoms with Gasteiger partial charge in [0, 0.05) is 6.61 Å². The molecule has 1 saturated carbocycles. The second-order valence-electron chi connectivity index (χ2n) is 5.62. The molecule has 1 aliphatic carbocycles. The number of nitrogens with two attached hydrogens (primary N) is 1. The van der Waals surface area contributed by atoms with Crippen LogP contribution in [-0.2, 0) is 14.8 Å². The third-order valence-electron chi connectivity index (χ3n) is 3.73. The zero-order valence-electron chi connectivity index (χ0n) is 12.0. The van der Waals surface area contributed by atoms with Crippen LogP contribution in [0.3, 0.4) is 0 Å². The van der Waals surface area contributed by atoms with Crippen molar-refractivity contribution in [1.29, 1.82) is 0 Å². The maximum Gasteiger partial charge on any atom is 0.209 e. The van der Waals surface area contributed by atoms with Gasteiger partial charge in [0.25, 0.3) is 0 Å². The van der Waals surface area contributed by atoms with E-state index in [4.69, 9.17) is 9.88 Å². The summed E-state index contributed by atoms with van der Waals surface area (Å²) in [7, 11) is -3.25. The lowest BCUT2D eigenvalue weighted by Crippen LogP contribution is -2.16. The van der Waals surface area contributed by atoms with E-state index in [1.54, 1.807) is 0 Å². The Labute approximate surface area is 118 Å². The molecule has 0 bridgehead atoms. The molecular weight excluding hydrogens is 262 g/mol. The van der Waals surface area contributed by atoms with Crippen LogP contribution in [-0.4, -0.2) is 26.9 Å². The lowest BCUT2D eigenvalue weighted by atomic mass is 10.1. The zero-order chi connectivity index (χ0) is 14.0. The summed E-state index contributed by atoms with van der Waals surface area (Å²) < 4.78 is 27.2. The molecule has 0 spiro atoms. The SMILES string of the molecule is NS(=O)(=O)CCCCCCCCCOC1CCCC1. The molecule has 0 radical (unpaired) electrons. The first-order valence-electron chi connectivity index (χ1n) is 7.70. The molecule has 1 aliphatic rings. The molecule has 0 amide bonds. The second-order valence-corrected chi connectivity index (χ2v) is 7.35. The van der Waals surface area contributed by atoms with Crippen molar-refractivity contribution in [1.82, 2.24) is 0 Å². The number of unbranched alkanes of at least 4 members (excludes halogenated alkanes) is 6. The first kappa shape index (κ1) is 16.9. The lowest BCUT2D eigenvalue weighted by Gasteiger charge is -2.10. The van der Waals surface area contributed by atoms with E-state index in [-0.39, 0.29) is 5.75 Å². The van der Waals surface area contributed by atoms with Crippen LogP contribution in [0.2, 0.25) is 0 Å². The molecule has 0 aromatic heterocycles. The van der Waals surface area contributed by atoms with Crippen molar-refractivity contribution in [3.05, 3.63) is 0 Å². The van der Waals surface area contributed by atoms with Crippen molar-refractivity contribution < 1.29 is 13.2 Å². The Bertz CT molecular complexity index is 311. The van der Waals surface area contributed by atoms with Gasteiger partial charge in [-0.25, -0.2) is 13.6 Å². The maximum absolute atomic E-state index is 10.7. The Balaban J connectivity index is 1.76. The summed E-state index contributed by atoms with van der Waals surface area (Å²) in [6.07, 6.45) is 13.3. The van der Waals surface area contributed by atoms with Crippen LogP contribution in [0.4, 0.5) is 0 Å². The summed E-state index contributed by atoms with van der Waals surface area (Å²) in [4.78, 5) is 0. The average molecular weight is 291 g/mol. The molecule has 1 rings (SSSR count). The molecule has 0 saturated heterocycles. The molecule has 19 heavy (non-hydrogen) atoms. The molecular formula is C14H29NO3S. The second kappa shape index (κ2) is 9.72. The van der Waals surface area contributed by atoms with Gasteiger partial charge >= 0.3 is 0 Å². The maximum atomic E-state index is 10.7. The largest absolute Gasteiger partial charge is 0.378 e. The minimum Gasteiger partial charge on any atom is -0.378 e. The third kappa shape index (κ3) is 10.3. The molecule has 114 valence electrons. The Kier molecular flexibility index (Phi) is 8.66. The van der Waals surface area contributed by atoms with E-state index in [9.17, 15) is 8.42 Å². The van der Waals surface area contributed by atoms with Crippen LogP contribution in [0.5, 0.6) is 0 Å². The van der Waals surface area contributed by atoms with E-state index in [0.29, 0.717) is 12.5 Å². The molecule has 0 aliphatic heterocycles. The third-order valence-corrected chi connectivity index (χ3v) is 4.59. The lowest BCUT2D eigenvalue weighted by molar-refractivity contribution is 0.0556. The highest BCUT2D eigenvalue weighted by Crippen LogP contribution is 2.21. The van der Waals surface area contributed by atoms with Crippen molar-refractivity contribution in [2.45, 2.75) is 76.7 Å². The van der Waals surface area contributed by atoms with Crippen LogP contribution < -0.4 is 5.14 Å². The van der Waals surface area contributed by atoms with E-state index < -0.39 is 10.0 Å². The monoisotopic (exact) mass is 291 g/mol. The van der Waals surface area contributed by atoms with E-state index in [1.165, 1.54) is 44.9 Å². The van der Waals surface area contributed by atoms with Crippen molar-refractivity contribution in [2.75, 3.05) is 12.4 Å². The van der Waals surface area contributed by atoms with Crippen molar-refractivity contribution >= 4 is 10.0 Å². The van der Waals surface area contributed by atoms with Gasteiger partial charge in [-0.1, -0.05) is 44.9 Å². The summed E-state index contributed by atoms with van der Waals surface area (Å²) in [5.41, 5.74) is 0. The highest BCUT2D eigenvalue weighted by Gasteiger charge is 2.14. The Morgan fingerprint density at radius 2 is 1.42 bits per heavy atom. The number of sulfonamides is 1. The van der Waals surface area contributed by atoms with Gasteiger partial charge in [0.15, 0.2) is 0 Å². The Hall–Kier alpha value is -0.130. The van der Waals surface area contributed by atoms with E-state index in [2.05, 4.69) is 0 Å². The van der Waals surface area contributed by atoms with Gasteiger partial charge in [0.1, 0.15) is 0 Å². The predicted octanol–water partition coefficient (Wildman–Crippen LogP) is 2.96. The molecule has 0 heterocycles.